The second-order valence-electron chi connectivity index (χ2n) is 8.84. The fraction of sp³-hybridized carbons (Fsp3) is 0.333. The van der Waals surface area contributed by atoms with Crippen LogP contribution in [0.1, 0.15) is 32.3 Å². The lowest BCUT2D eigenvalue weighted by Crippen LogP contribution is -2.29. The highest BCUT2D eigenvalue weighted by molar-refractivity contribution is 8.00. The highest BCUT2D eigenvalue weighted by atomic mass is 35.5. The van der Waals surface area contributed by atoms with Gasteiger partial charge in [0.25, 0.3) is 0 Å². The summed E-state index contributed by atoms with van der Waals surface area (Å²) in [6, 6.07) is 11.7. The number of halogens is 2. The topological polar surface area (TPSA) is 129 Å². The maximum absolute atomic E-state index is 14.0. The van der Waals surface area contributed by atoms with Gasteiger partial charge in [-0.2, -0.15) is 0 Å². The van der Waals surface area contributed by atoms with Gasteiger partial charge in [-0.25, -0.2) is 14.4 Å². The lowest BCUT2D eigenvalue weighted by Gasteiger charge is -2.18. The van der Waals surface area contributed by atoms with E-state index in [-0.39, 0.29) is 23.3 Å². The van der Waals surface area contributed by atoms with Crippen molar-refractivity contribution in [1.29, 1.82) is 5.41 Å². The predicted octanol–water partition coefficient (Wildman–Crippen LogP) is 5.71. The number of nitrogens with two attached hydrogens (primary N) is 1. The summed E-state index contributed by atoms with van der Waals surface area (Å²) in [7, 11) is 1.94. The zero-order valence-corrected chi connectivity index (χ0v) is 23.8. The zero-order valence-electron chi connectivity index (χ0n) is 22.2. The average Bonchev–Trinajstić information content (AvgIpc) is 2.89. The summed E-state index contributed by atoms with van der Waals surface area (Å²) in [5.41, 5.74) is 8.42. The van der Waals surface area contributed by atoms with Crippen LogP contribution in [0.4, 0.5) is 21.7 Å². The number of anilines is 3. The summed E-state index contributed by atoms with van der Waals surface area (Å²) < 4.78 is 22.3. The van der Waals surface area contributed by atoms with Gasteiger partial charge in [0.15, 0.2) is 5.82 Å². The van der Waals surface area contributed by atoms with E-state index in [1.165, 1.54) is 12.1 Å². The fourth-order valence-corrected chi connectivity index (χ4v) is 4.48. The summed E-state index contributed by atoms with van der Waals surface area (Å²) >= 11 is 7.08. The van der Waals surface area contributed by atoms with Gasteiger partial charge in [0.05, 0.1) is 10.5 Å². The lowest BCUT2D eigenvalue weighted by atomic mass is 10.1. The first-order chi connectivity index (χ1) is 18.7. The molecule has 0 bridgehead atoms. The van der Waals surface area contributed by atoms with Gasteiger partial charge < -0.3 is 30.8 Å². The van der Waals surface area contributed by atoms with Gasteiger partial charge in [0.1, 0.15) is 24.1 Å². The third kappa shape index (κ3) is 9.09. The first kappa shape index (κ1) is 30.1. The number of hydrogen-bond acceptors (Lipinski definition) is 10. The van der Waals surface area contributed by atoms with Crippen molar-refractivity contribution in [1.82, 2.24) is 14.9 Å². The predicted molar refractivity (Wildman–Crippen MR) is 157 cm³/mol. The van der Waals surface area contributed by atoms with Crippen LogP contribution in [0.2, 0.25) is 5.02 Å². The normalized spacial score (nSPS) is 10.9. The van der Waals surface area contributed by atoms with Crippen molar-refractivity contribution in [2.45, 2.75) is 31.6 Å². The van der Waals surface area contributed by atoms with E-state index in [4.69, 9.17) is 27.5 Å². The molecule has 3 aromatic rings. The fourth-order valence-electron chi connectivity index (χ4n) is 3.53. The Kier molecular flexibility index (Phi) is 11.3. The molecule has 0 fully saturated rings. The zero-order chi connectivity index (χ0) is 28.4. The molecule has 3 rings (SSSR count). The molecule has 1 aromatic heterocycles. The van der Waals surface area contributed by atoms with E-state index in [9.17, 15) is 9.18 Å². The number of esters is 1. The molecule has 9 nitrogen and oxygen atoms in total. The van der Waals surface area contributed by atoms with Gasteiger partial charge >= 0.3 is 5.97 Å². The van der Waals surface area contributed by atoms with Crippen LogP contribution < -0.4 is 15.8 Å². The molecule has 0 saturated carbocycles. The Morgan fingerprint density at radius 1 is 1.21 bits per heavy atom. The average molecular weight is 574 g/mol. The van der Waals surface area contributed by atoms with Crippen LogP contribution in [0.5, 0.6) is 0 Å². The van der Waals surface area contributed by atoms with Gasteiger partial charge in [0, 0.05) is 48.0 Å². The summed E-state index contributed by atoms with van der Waals surface area (Å²) in [5, 5.41) is 11.9. The van der Waals surface area contributed by atoms with Gasteiger partial charge in [0.2, 0.25) is 0 Å². The Bertz CT molecular complexity index is 1290. The molecule has 2 aromatic carbocycles. The molecular weight excluding hydrogens is 541 g/mol. The van der Waals surface area contributed by atoms with E-state index in [1.54, 1.807) is 13.0 Å². The Balaban J connectivity index is 1.64. The molecule has 0 aliphatic rings. The maximum atomic E-state index is 14.0. The number of carbonyl (C=O) groups excluding carboxylic acids is 1. The van der Waals surface area contributed by atoms with Crippen molar-refractivity contribution >= 4 is 52.6 Å². The molecule has 0 aliphatic carbocycles. The Hall–Kier alpha value is -3.41. The van der Waals surface area contributed by atoms with Crippen LogP contribution in [-0.2, 0) is 9.53 Å². The van der Waals surface area contributed by atoms with E-state index < -0.39 is 0 Å². The Morgan fingerprint density at radius 2 is 1.95 bits per heavy atom. The highest BCUT2D eigenvalue weighted by Gasteiger charge is 2.16. The van der Waals surface area contributed by atoms with Gasteiger partial charge in [-0.15, -0.1) is 0 Å². The molecule has 5 N–H and O–H groups in total. The quantitative estimate of drug-likeness (QED) is 0.109. The van der Waals surface area contributed by atoms with Gasteiger partial charge in [-0.05, 0) is 74.8 Å². The SMILES string of the molecule is CCCC(=O)OCCN(C)CCNc1nc(-c2ccc(NSc3cc(Cl)ccc3F)cc2)nc(N)c1C(C)=N. The van der Waals surface area contributed by atoms with Crippen LogP contribution in [0, 0.1) is 11.2 Å². The van der Waals surface area contributed by atoms with E-state index in [0.29, 0.717) is 59.8 Å². The molecule has 0 aliphatic heterocycles. The van der Waals surface area contributed by atoms with Crippen molar-refractivity contribution in [2.75, 3.05) is 49.1 Å². The van der Waals surface area contributed by atoms with Crippen molar-refractivity contribution in [3.63, 3.8) is 0 Å². The molecule has 0 atom stereocenters. The number of nitrogens with one attached hydrogen (secondary N) is 3. The number of aromatic nitrogens is 2. The lowest BCUT2D eigenvalue weighted by molar-refractivity contribution is -0.144. The number of benzene rings is 2. The summed E-state index contributed by atoms with van der Waals surface area (Å²) in [6.07, 6.45) is 1.19. The summed E-state index contributed by atoms with van der Waals surface area (Å²) in [6.45, 7) is 5.71. The second kappa shape index (κ2) is 14.7. The molecule has 0 saturated heterocycles. The first-order valence-corrected chi connectivity index (χ1v) is 13.7. The number of nitrogen functional groups attached to an aromatic ring is 1. The van der Waals surface area contributed by atoms with Crippen LogP contribution in [0.3, 0.4) is 0 Å². The molecular formula is C27H33ClFN7O2S. The number of nitrogens with zero attached hydrogens (tertiary/aromatic N) is 3. The van der Waals surface area contributed by atoms with Crippen LogP contribution in [0.25, 0.3) is 11.4 Å². The number of carbonyl (C=O) groups is 1. The standard InChI is InChI=1S/C27H33ClFN7O2S/c1-4-5-23(37)38-15-14-36(3)13-12-32-27-24(17(2)30)25(31)33-26(34-27)18-6-9-20(10-7-18)35-39-22-16-19(28)8-11-21(22)29/h6-11,16,30,35H,4-5,12-15H2,1-3H3,(H3,31,32,33,34). The van der Waals surface area contributed by atoms with E-state index in [1.807, 2.05) is 43.1 Å². The third-order valence-electron chi connectivity index (χ3n) is 5.60. The Labute approximate surface area is 237 Å². The van der Waals surface area contributed by atoms with Gasteiger partial charge in [-0.1, -0.05) is 18.5 Å². The number of ether oxygens (including phenoxy) is 1. The van der Waals surface area contributed by atoms with Crippen LogP contribution in [-0.4, -0.2) is 59.8 Å². The largest absolute Gasteiger partial charge is 0.464 e. The number of likely N-dealkylation sites (N-methyl/N-ethyl adjacent to an activating group) is 1. The minimum atomic E-state index is -0.361. The minimum absolute atomic E-state index is 0.184. The summed E-state index contributed by atoms with van der Waals surface area (Å²) in [4.78, 5) is 23.0. The Morgan fingerprint density at radius 3 is 2.64 bits per heavy atom. The highest BCUT2D eigenvalue weighted by Crippen LogP contribution is 2.29. The molecule has 39 heavy (non-hydrogen) atoms. The van der Waals surface area contributed by atoms with Crippen LogP contribution in [0.15, 0.2) is 47.4 Å². The van der Waals surface area contributed by atoms with E-state index in [2.05, 4.69) is 20.0 Å². The second-order valence-corrected chi connectivity index (χ2v) is 10.1. The number of hydrogen-bond donors (Lipinski definition) is 4. The van der Waals surface area contributed by atoms with Crippen molar-refractivity contribution < 1.29 is 13.9 Å². The van der Waals surface area contributed by atoms with E-state index in [0.717, 1.165) is 29.6 Å². The van der Waals surface area contributed by atoms with Gasteiger partial charge in [-0.3, -0.25) is 4.79 Å². The number of rotatable bonds is 14. The third-order valence-corrected chi connectivity index (χ3v) is 6.71. The van der Waals surface area contributed by atoms with Crippen molar-refractivity contribution in [3.8, 4) is 11.4 Å². The molecule has 0 radical (unpaired) electrons. The smallest absolute Gasteiger partial charge is 0.305 e. The first-order valence-electron chi connectivity index (χ1n) is 12.5. The maximum Gasteiger partial charge on any atom is 0.305 e. The molecule has 12 heteroatoms. The van der Waals surface area contributed by atoms with Crippen molar-refractivity contribution in [3.05, 3.63) is 58.9 Å². The molecule has 1 heterocycles. The molecule has 0 spiro atoms. The van der Waals surface area contributed by atoms with E-state index >= 15 is 0 Å². The molecule has 0 unspecified atom stereocenters. The van der Waals surface area contributed by atoms with Crippen molar-refractivity contribution in [2.24, 2.45) is 0 Å². The monoisotopic (exact) mass is 573 g/mol. The minimum Gasteiger partial charge on any atom is -0.464 e. The summed E-state index contributed by atoms with van der Waals surface area (Å²) in [5.74, 6) is 0.552. The molecule has 0 amide bonds. The van der Waals surface area contributed by atoms with Crippen LogP contribution >= 0.6 is 23.5 Å². The molecule has 208 valence electrons.